The SMILES string of the molecule is C[C@H](N)c1ccccc1C(=O)c1cccc(F)c1. The lowest BCUT2D eigenvalue weighted by molar-refractivity contribution is 0.103. The molecule has 0 bridgehead atoms. The van der Waals surface area contributed by atoms with Crippen LogP contribution in [0.1, 0.15) is 34.5 Å². The summed E-state index contributed by atoms with van der Waals surface area (Å²) in [6.07, 6.45) is 0. The Morgan fingerprint density at radius 2 is 1.89 bits per heavy atom. The van der Waals surface area contributed by atoms with Gasteiger partial charge in [-0.2, -0.15) is 0 Å². The predicted octanol–water partition coefficient (Wildman–Crippen LogP) is 3.08. The fraction of sp³-hybridized carbons (Fsp3) is 0.133. The highest BCUT2D eigenvalue weighted by molar-refractivity contribution is 6.10. The van der Waals surface area contributed by atoms with Crippen molar-refractivity contribution in [1.82, 2.24) is 0 Å². The van der Waals surface area contributed by atoms with E-state index in [0.717, 1.165) is 5.56 Å². The minimum Gasteiger partial charge on any atom is -0.324 e. The van der Waals surface area contributed by atoms with E-state index in [1.165, 1.54) is 18.2 Å². The van der Waals surface area contributed by atoms with Crippen molar-refractivity contribution in [2.24, 2.45) is 5.73 Å². The van der Waals surface area contributed by atoms with Crippen LogP contribution in [0.15, 0.2) is 48.5 Å². The molecule has 18 heavy (non-hydrogen) atoms. The molecule has 0 aromatic heterocycles. The van der Waals surface area contributed by atoms with Gasteiger partial charge in [0, 0.05) is 17.2 Å². The summed E-state index contributed by atoms with van der Waals surface area (Å²) in [5, 5.41) is 0. The highest BCUT2D eigenvalue weighted by atomic mass is 19.1. The Hall–Kier alpha value is -2.00. The zero-order valence-electron chi connectivity index (χ0n) is 10.1. The lowest BCUT2D eigenvalue weighted by Gasteiger charge is -2.11. The van der Waals surface area contributed by atoms with Gasteiger partial charge in [0.1, 0.15) is 5.82 Å². The fourth-order valence-electron chi connectivity index (χ4n) is 1.89. The highest BCUT2D eigenvalue weighted by Crippen LogP contribution is 2.19. The molecule has 0 fully saturated rings. The number of ketones is 1. The van der Waals surface area contributed by atoms with Crippen molar-refractivity contribution >= 4 is 5.78 Å². The molecular weight excluding hydrogens is 229 g/mol. The summed E-state index contributed by atoms with van der Waals surface area (Å²) in [5.41, 5.74) is 7.47. The van der Waals surface area contributed by atoms with Crippen LogP contribution in [0.25, 0.3) is 0 Å². The van der Waals surface area contributed by atoms with Gasteiger partial charge in [-0.05, 0) is 24.6 Å². The zero-order chi connectivity index (χ0) is 13.1. The summed E-state index contributed by atoms with van der Waals surface area (Å²) in [4.78, 5) is 12.3. The third-order valence-corrected chi connectivity index (χ3v) is 2.78. The van der Waals surface area contributed by atoms with Crippen LogP contribution in [0.3, 0.4) is 0 Å². The Labute approximate surface area is 105 Å². The van der Waals surface area contributed by atoms with Crippen LogP contribution in [0, 0.1) is 5.82 Å². The molecule has 2 N–H and O–H groups in total. The molecule has 0 amide bonds. The maximum absolute atomic E-state index is 13.1. The smallest absolute Gasteiger partial charge is 0.193 e. The molecular formula is C15H14FNO. The molecule has 0 heterocycles. The van der Waals surface area contributed by atoms with Crippen LogP contribution in [-0.2, 0) is 0 Å². The Morgan fingerprint density at radius 1 is 1.17 bits per heavy atom. The van der Waals surface area contributed by atoms with Gasteiger partial charge in [0.05, 0.1) is 0 Å². The van der Waals surface area contributed by atoms with Crippen LogP contribution in [0.2, 0.25) is 0 Å². The first-order valence-corrected chi connectivity index (χ1v) is 5.74. The molecule has 2 nitrogen and oxygen atoms in total. The monoisotopic (exact) mass is 243 g/mol. The molecule has 2 rings (SSSR count). The predicted molar refractivity (Wildman–Crippen MR) is 68.9 cm³/mol. The van der Waals surface area contributed by atoms with Gasteiger partial charge in [-0.1, -0.05) is 36.4 Å². The minimum atomic E-state index is -0.417. The summed E-state index contributed by atoms with van der Waals surface area (Å²) in [7, 11) is 0. The standard InChI is InChI=1S/C15H14FNO/c1-10(17)13-7-2-3-8-14(13)15(18)11-5-4-6-12(16)9-11/h2-10H,17H2,1H3/t10-/m0/s1. The summed E-state index contributed by atoms with van der Waals surface area (Å²) >= 11 is 0. The van der Waals surface area contributed by atoms with Gasteiger partial charge in [-0.25, -0.2) is 4.39 Å². The van der Waals surface area contributed by atoms with E-state index in [1.54, 1.807) is 18.2 Å². The Bertz CT molecular complexity index is 578. The van der Waals surface area contributed by atoms with Gasteiger partial charge in [0.15, 0.2) is 5.78 Å². The van der Waals surface area contributed by atoms with E-state index in [4.69, 9.17) is 5.73 Å². The van der Waals surface area contributed by atoms with E-state index in [2.05, 4.69) is 0 Å². The number of hydrogen-bond donors (Lipinski definition) is 1. The number of hydrogen-bond acceptors (Lipinski definition) is 2. The largest absolute Gasteiger partial charge is 0.324 e. The summed E-state index contributed by atoms with van der Waals surface area (Å²) in [5.74, 6) is -0.624. The van der Waals surface area contributed by atoms with E-state index in [1.807, 2.05) is 19.1 Å². The fourth-order valence-corrected chi connectivity index (χ4v) is 1.89. The highest BCUT2D eigenvalue weighted by Gasteiger charge is 2.15. The van der Waals surface area contributed by atoms with Gasteiger partial charge in [-0.15, -0.1) is 0 Å². The molecule has 0 spiro atoms. The van der Waals surface area contributed by atoms with Crippen molar-refractivity contribution < 1.29 is 9.18 Å². The molecule has 2 aromatic rings. The Balaban J connectivity index is 2.46. The molecule has 92 valence electrons. The molecule has 2 aromatic carbocycles. The van der Waals surface area contributed by atoms with E-state index >= 15 is 0 Å². The number of carbonyl (C=O) groups is 1. The van der Waals surface area contributed by atoms with Gasteiger partial charge in [0.25, 0.3) is 0 Å². The van der Waals surface area contributed by atoms with Crippen molar-refractivity contribution in [3.05, 3.63) is 71.0 Å². The molecule has 0 saturated heterocycles. The normalized spacial score (nSPS) is 12.2. The zero-order valence-corrected chi connectivity index (χ0v) is 10.1. The van der Waals surface area contributed by atoms with Crippen molar-refractivity contribution in [3.8, 4) is 0 Å². The van der Waals surface area contributed by atoms with Crippen molar-refractivity contribution in [2.45, 2.75) is 13.0 Å². The second-order valence-corrected chi connectivity index (χ2v) is 4.22. The molecule has 0 aliphatic heterocycles. The van der Waals surface area contributed by atoms with Crippen LogP contribution in [-0.4, -0.2) is 5.78 Å². The molecule has 0 aliphatic carbocycles. The summed E-state index contributed by atoms with van der Waals surface area (Å²) in [6, 6.07) is 12.6. The van der Waals surface area contributed by atoms with Gasteiger partial charge in [0.2, 0.25) is 0 Å². The Kier molecular flexibility index (Phi) is 3.53. The first kappa shape index (κ1) is 12.5. The molecule has 0 radical (unpaired) electrons. The van der Waals surface area contributed by atoms with E-state index in [0.29, 0.717) is 11.1 Å². The van der Waals surface area contributed by atoms with Crippen LogP contribution < -0.4 is 5.73 Å². The second-order valence-electron chi connectivity index (χ2n) is 4.22. The molecule has 0 aliphatic rings. The quantitative estimate of drug-likeness (QED) is 0.842. The van der Waals surface area contributed by atoms with Gasteiger partial charge < -0.3 is 5.73 Å². The van der Waals surface area contributed by atoms with Crippen LogP contribution in [0.5, 0.6) is 0 Å². The van der Waals surface area contributed by atoms with Crippen LogP contribution >= 0.6 is 0 Å². The number of benzene rings is 2. The Morgan fingerprint density at radius 3 is 2.56 bits per heavy atom. The lowest BCUT2D eigenvalue weighted by Crippen LogP contribution is -2.12. The number of halogens is 1. The second kappa shape index (κ2) is 5.10. The molecule has 1 atom stereocenters. The average molecular weight is 243 g/mol. The first-order valence-electron chi connectivity index (χ1n) is 5.74. The average Bonchev–Trinajstić information content (AvgIpc) is 2.38. The number of carbonyl (C=O) groups excluding carboxylic acids is 1. The van der Waals surface area contributed by atoms with E-state index < -0.39 is 5.82 Å². The number of rotatable bonds is 3. The van der Waals surface area contributed by atoms with Gasteiger partial charge in [-0.3, -0.25) is 4.79 Å². The van der Waals surface area contributed by atoms with E-state index in [-0.39, 0.29) is 11.8 Å². The van der Waals surface area contributed by atoms with E-state index in [9.17, 15) is 9.18 Å². The van der Waals surface area contributed by atoms with Gasteiger partial charge >= 0.3 is 0 Å². The molecule has 0 unspecified atom stereocenters. The number of nitrogens with two attached hydrogens (primary N) is 1. The van der Waals surface area contributed by atoms with Crippen molar-refractivity contribution in [1.29, 1.82) is 0 Å². The molecule has 3 heteroatoms. The third kappa shape index (κ3) is 2.46. The molecule has 0 saturated carbocycles. The maximum Gasteiger partial charge on any atom is 0.193 e. The first-order chi connectivity index (χ1) is 8.59. The van der Waals surface area contributed by atoms with Crippen LogP contribution in [0.4, 0.5) is 4.39 Å². The minimum absolute atomic E-state index is 0.206. The third-order valence-electron chi connectivity index (χ3n) is 2.78. The van der Waals surface area contributed by atoms with Crippen molar-refractivity contribution in [2.75, 3.05) is 0 Å². The topological polar surface area (TPSA) is 43.1 Å². The maximum atomic E-state index is 13.1. The summed E-state index contributed by atoms with van der Waals surface area (Å²) in [6.45, 7) is 1.82. The summed E-state index contributed by atoms with van der Waals surface area (Å²) < 4.78 is 13.1. The lowest BCUT2D eigenvalue weighted by atomic mass is 9.95. The van der Waals surface area contributed by atoms with Crippen molar-refractivity contribution in [3.63, 3.8) is 0 Å².